The van der Waals surface area contributed by atoms with Gasteiger partial charge < -0.3 is 30.0 Å². The maximum absolute atomic E-state index is 11.7. The quantitative estimate of drug-likeness (QED) is 0.282. The predicted octanol–water partition coefficient (Wildman–Crippen LogP) is 1.65. The number of nitrogens with two attached hydrogens (primary N) is 1. The molecule has 0 bridgehead atoms. The Labute approximate surface area is 169 Å². The van der Waals surface area contributed by atoms with Crippen LogP contribution >= 0.6 is 0 Å². The first-order valence-corrected chi connectivity index (χ1v) is 10.4. The lowest BCUT2D eigenvalue weighted by molar-refractivity contribution is -0.121. The minimum atomic E-state index is -0.369. The maximum Gasteiger partial charge on any atom is 0.220 e. The zero-order valence-electron chi connectivity index (χ0n) is 17.7. The number of nitrogens with one attached hydrogen (secondary N) is 1. The Kier molecular flexibility index (Phi) is 19.6. The number of primary amides is 1. The molecular formula is C20H40N2O6. The van der Waals surface area contributed by atoms with Crippen LogP contribution in [0.5, 0.6) is 0 Å². The van der Waals surface area contributed by atoms with Crippen LogP contribution in [0.25, 0.3) is 0 Å². The number of carbonyl (C=O) groups excluding carboxylic acids is 2. The van der Waals surface area contributed by atoms with E-state index in [1.165, 1.54) is 12.8 Å². The van der Waals surface area contributed by atoms with Crippen LogP contribution < -0.4 is 11.1 Å². The second-order valence-electron chi connectivity index (χ2n) is 6.77. The summed E-state index contributed by atoms with van der Waals surface area (Å²) in [6.07, 6.45) is 5.28. The highest BCUT2D eigenvalue weighted by atomic mass is 16.6. The van der Waals surface area contributed by atoms with Crippen molar-refractivity contribution in [3.63, 3.8) is 0 Å². The molecule has 0 spiro atoms. The Hall–Kier alpha value is -1.22. The predicted molar refractivity (Wildman–Crippen MR) is 108 cm³/mol. The van der Waals surface area contributed by atoms with Crippen molar-refractivity contribution in [2.75, 3.05) is 59.4 Å². The van der Waals surface area contributed by atoms with Gasteiger partial charge in [0.15, 0.2) is 0 Å². The summed E-state index contributed by atoms with van der Waals surface area (Å²) < 4.78 is 21.3. The molecule has 0 fully saturated rings. The van der Waals surface area contributed by atoms with Gasteiger partial charge in [-0.15, -0.1) is 0 Å². The Morgan fingerprint density at radius 3 is 1.89 bits per heavy atom. The Bertz CT molecular complexity index is 382. The molecule has 0 aliphatic heterocycles. The van der Waals surface area contributed by atoms with E-state index >= 15 is 0 Å². The van der Waals surface area contributed by atoms with Crippen LogP contribution in [-0.2, 0) is 28.5 Å². The van der Waals surface area contributed by atoms with E-state index in [1.54, 1.807) is 0 Å². The summed E-state index contributed by atoms with van der Waals surface area (Å²) >= 11 is 0. The number of rotatable bonds is 21. The third-order valence-corrected chi connectivity index (χ3v) is 4.23. The number of hydrogen-bond donors (Lipinski definition) is 2. The molecule has 0 aliphatic rings. The van der Waals surface area contributed by atoms with Gasteiger partial charge >= 0.3 is 0 Å². The van der Waals surface area contributed by atoms with Crippen LogP contribution in [0.3, 0.4) is 0 Å². The first-order chi connectivity index (χ1) is 13.6. The highest BCUT2D eigenvalue weighted by Crippen LogP contribution is 2.11. The molecule has 0 radical (unpaired) electrons. The molecule has 0 heterocycles. The zero-order valence-corrected chi connectivity index (χ0v) is 17.7. The zero-order chi connectivity index (χ0) is 20.9. The SMILES string of the molecule is CCC(C)CCCCC(=O)NCCOCCOCCOCCOCCC(N)=O. The van der Waals surface area contributed by atoms with Crippen LogP contribution in [0.15, 0.2) is 0 Å². The minimum absolute atomic E-state index is 0.0970. The first-order valence-electron chi connectivity index (χ1n) is 10.4. The molecule has 166 valence electrons. The average molecular weight is 405 g/mol. The van der Waals surface area contributed by atoms with Crippen molar-refractivity contribution < 1.29 is 28.5 Å². The monoisotopic (exact) mass is 404 g/mol. The lowest BCUT2D eigenvalue weighted by Gasteiger charge is -2.09. The van der Waals surface area contributed by atoms with Gasteiger partial charge in [0.1, 0.15) is 0 Å². The van der Waals surface area contributed by atoms with Gasteiger partial charge in [-0.2, -0.15) is 0 Å². The summed E-state index contributed by atoms with van der Waals surface area (Å²) in [6, 6.07) is 0. The fourth-order valence-electron chi connectivity index (χ4n) is 2.27. The van der Waals surface area contributed by atoms with Crippen LogP contribution in [0.2, 0.25) is 0 Å². The van der Waals surface area contributed by atoms with Crippen molar-refractivity contribution in [2.45, 2.75) is 52.4 Å². The lowest BCUT2D eigenvalue weighted by Crippen LogP contribution is -2.27. The molecule has 0 saturated carbocycles. The standard InChI is InChI=1S/C20H40N2O6/c1-3-18(2)6-4-5-7-20(24)22-9-11-26-13-15-28-17-16-27-14-12-25-10-8-19(21)23/h18H,3-17H2,1-2H3,(H2,21,23)(H,22,24). The number of ether oxygens (including phenoxy) is 4. The van der Waals surface area contributed by atoms with Crippen molar-refractivity contribution in [1.82, 2.24) is 5.32 Å². The average Bonchev–Trinajstić information content (AvgIpc) is 2.67. The Morgan fingerprint density at radius 2 is 1.36 bits per heavy atom. The van der Waals surface area contributed by atoms with Crippen molar-refractivity contribution in [2.24, 2.45) is 11.7 Å². The summed E-state index contributed by atoms with van der Waals surface area (Å²) in [4.78, 5) is 22.2. The molecular weight excluding hydrogens is 364 g/mol. The Balaban J connectivity index is 3.17. The van der Waals surface area contributed by atoms with E-state index in [4.69, 9.17) is 24.7 Å². The van der Waals surface area contributed by atoms with Gasteiger partial charge in [0.25, 0.3) is 0 Å². The first kappa shape index (κ1) is 26.8. The molecule has 2 amide bonds. The number of carbonyl (C=O) groups is 2. The molecule has 1 atom stereocenters. The molecule has 28 heavy (non-hydrogen) atoms. The van der Waals surface area contributed by atoms with E-state index in [9.17, 15) is 9.59 Å². The fraction of sp³-hybridized carbons (Fsp3) is 0.900. The molecule has 0 aromatic rings. The molecule has 8 nitrogen and oxygen atoms in total. The van der Waals surface area contributed by atoms with Crippen molar-refractivity contribution in [3.8, 4) is 0 Å². The van der Waals surface area contributed by atoms with Crippen molar-refractivity contribution in [3.05, 3.63) is 0 Å². The van der Waals surface area contributed by atoms with Gasteiger partial charge in [-0.3, -0.25) is 9.59 Å². The lowest BCUT2D eigenvalue weighted by atomic mass is 10.0. The van der Waals surface area contributed by atoms with Gasteiger partial charge in [-0.05, 0) is 12.3 Å². The van der Waals surface area contributed by atoms with Gasteiger partial charge in [0.05, 0.1) is 52.9 Å². The number of hydrogen-bond acceptors (Lipinski definition) is 6. The van der Waals surface area contributed by atoms with E-state index in [0.29, 0.717) is 65.8 Å². The van der Waals surface area contributed by atoms with Gasteiger partial charge in [0.2, 0.25) is 11.8 Å². The largest absolute Gasteiger partial charge is 0.379 e. The maximum atomic E-state index is 11.7. The molecule has 0 aliphatic carbocycles. The third-order valence-electron chi connectivity index (χ3n) is 4.23. The molecule has 0 saturated heterocycles. The highest BCUT2D eigenvalue weighted by Gasteiger charge is 2.02. The number of unbranched alkanes of at least 4 members (excludes halogenated alkanes) is 1. The van der Waals surface area contributed by atoms with Crippen LogP contribution in [0.1, 0.15) is 52.4 Å². The number of amides is 2. The van der Waals surface area contributed by atoms with Crippen molar-refractivity contribution >= 4 is 11.8 Å². The Morgan fingerprint density at radius 1 is 0.821 bits per heavy atom. The highest BCUT2D eigenvalue weighted by molar-refractivity contribution is 5.75. The van der Waals surface area contributed by atoms with E-state index in [1.807, 2.05) is 0 Å². The fourth-order valence-corrected chi connectivity index (χ4v) is 2.27. The van der Waals surface area contributed by atoms with Crippen LogP contribution in [0.4, 0.5) is 0 Å². The normalized spacial score (nSPS) is 12.1. The third kappa shape index (κ3) is 21.1. The smallest absolute Gasteiger partial charge is 0.220 e. The van der Waals surface area contributed by atoms with Gasteiger partial charge in [-0.1, -0.05) is 33.1 Å². The van der Waals surface area contributed by atoms with Gasteiger partial charge in [0, 0.05) is 19.4 Å². The summed E-state index contributed by atoms with van der Waals surface area (Å²) in [6.45, 7) is 8.61. The van der Waals surface area contributed by atoms with E-state index in [2.05, 4.69) is 19.2 Å². The van der Waals surface area contributed by atoms with E-state index < -0.39 is 0 Å². The molecule has 0 aromatic carbocycles. The molecule has 0 aromatic heterocycles. The van der Waals surface area contributed by atoms with Gasteiger partial charge in [-0.25, -0.2) is 0 Å². The second-order valence-corrected chi connectivity index (χ2v) is 6.77. The minimum Gasteiger partial charge on any atom is -0.379 e. The van der Waals surface area contributed by atoms with E-state index in [-0.39, 0.29) is 18.2 Å². The molecule has 3 N–H and O–H groups in total. The summed E-state index contributed by atoms with van der Waals surface area (Å²) in [7, 11) is 0. The molecule has 8 heteroatoms. The topological polar surface area (TPSA) is 109 Å². The van der Waals surface area contributed by atoms with Crippen LogP contribution in [-0.4, -0.2) is 71.2 Å². The molecule has 0 rings (SSSR count). The second kappa shape index (κ2) is 20.5. The summed E-state index contributed by atoms with van der Waals surface area (Å²) in [5.74, 6) is 0.477. The van der Waals surface area contributed by atoms with E-state index in [0.717, 1.165) is 18.8 Å². The summed E-state index contributed by atoms with van der Waals surface area (Å²) in [5.41, 5.74) is 4.99. The molecule has 1 unspecified atom stereocenters. The van der Waals surface area contributed by atoms with Crippen LogP contribution in [0, 0.1) is 5.92 Å². The summed E-state index contributed by atoms with van der Waals surface area (Å²) in [5, 5.41) is 2.87. The van der Waals surface area contributed by atoms with Crippen molar-refractivity contribution in [1.29, 1.82) is 0 Å².